The van der Waals surface area contributed by atoms with E-state index in [1.54, 1.807) is 29.9 Å². The molecule has 0 spiro atoms. The van der Waals surface area contributed by atoms with Crippen molar-refractivity contribution in [1.29, 1.82) is 0 Å². The number of pyridine rings is 1. The van der Waals surface area contributed by atoms with E-state index in [2.05, 4.69) is 13.2 Å². The standard InChI is InChI=1S/C23H21NO5/c1-5-9-24-17(16-12-20-19(28-13-29-20)11-14(16)6-2)10-15-7-8-18(26-3)22(27-4)21(15)23(24)25/h5-8,10-12H,1-2,9,13H2,3-4H3. The number of fused-ring (bicyclic) bond motifs is 2. The van der Waals surface area contributed by atoms with Gasteiger partial charge in [0, 0.05) is 12.1 Å². The predicted octanol–water partition coefficient (Wildman–Crippen LogP) is 4.24. The smallest absolute Gasteiger partial charge is 0.263 e. The Hall–Kier alpha value is -3.67. The number of allylic oxidation sites excluding steroid dienone is 1. The van der Waals surface area contributed by atoms with E-state index in [4.69, 9.17) is 18.9 Å². The Balaban J connectivity index is 2.08. The summed E-state index contributed by atoms with van der Waals surface area (Å²) in [7, 11) is 3.07. The molecule has 0 saturated carbocycles. The number of rotatable bonds is 6. The lowest BCUT2D eigenvalue weighted by atomic mass is 10.00. The summed E-state index contributed by atoms with van der Waals surface area (Å²) in [6, 6.07) is 9.33. The Kier molecular flexibility index (Phi) is 4.76. The van der Waals surface area contributed by atoms with Gasteiger partial charge in [0.1, 0.15) is 0 Å². The molecule has 0 amide bonds. The maximum absolute atomic E-state index is 13.5. The lowest BCUT2D eigenvalue weighted by molar-refractivity contribution is 0.174. The first kappa shape index (κ1) is 18.7. The van der Waals surface area contributed by atoms with E-state index < -0.39 is 0 Å². The van der Waals surface area contributed by atoms with Gasteiger partial charge >= 0.3 is 0 Å². The monoisotopic (exact) mass is 391 g/mol. The van der Waals surface area contributed by atoms with Gasteiger partial charge in [-0.1, -0.05) is 24.8 Å². The number of aromatic nitrogens is 1. The van der Waals surface area contributed by atoms with Crippen LogP contribution in [0.3, 0.4) is 0 Å². The highest BCUT2D eigenvalue weighted by molar-refractivity contribution is 5.93. The van der Waals surface area contributed by atoms with Crippen molar-refractivity contribution in [2.75, 3.05) is 21.0 Å². The SMILES string of the molecule is C=CCn1c(-c2cc3c(cc2C=C)OCO3)cc2ccc(OC)c(OC)c2c1=O. The van der Waals surface area contributed by atoms with Gasteiger partial charge in [-0.2, -0.15) is 0 Å². The number of nitrogens with zero attached hydrogens (tertiary/aromatic N) is 1. The Bertz CT molecular complexity index is 1190. The average Bonchev–Trinajstić information content (AvgIpc) is 3.21. The summed E-state index contributed by atoms with van der Waals surface area (Å²) in [5, 5.41) is 1.20. The fourth-order valence-electron chi connectivity index (χ4n) is 3.63. The Labute approximate surface area is 168 Å². The van der Waals surface area contributed by atoms with E-state index in [1.807, 2.05) is 24.3 Å². The first-order valence-electron chi connectivity index (χ1n) is 9.08. The molecule has 0 bridgehead atoms. The van der Waals surface area contributed by atoms with Crippen molar-refractivity contribution in [1.82, 2.24) is 4.57 Å². The van der Waals surface area contributed by atoms with Crippen LogP contribution in [0.4, 0.5) is 0 Å². The van der Waals surface area contributed by atoms with Crippen molar-refractivity contribution in [2.45, 2.75) is 6.54 Å². The van der Waals surface area contributed by atoms with Gasteiger partial charge < -0.3 is 23.5 Å². The normalized spacial score (nSPS) is 12.1. The van der Waals surface area contributed by atoms with E-state index in [0.717, 1.165) is 22.2 Å². The molecule has 6 heteroatoms. The van der Waals surface area contributed by atoms with Crippen LogP contribution in [0, 0.1) is 0 Å². The number of hydrogen-bond donors (Lipinski definition) is 0. The molecule has 1 aliphatic rings. The van der Waals surface area contributed by atoms with Gasteiger partial charge in [-0.25, -0.2) is 0 Å². The highest BCUT2D eigenvalue weighted by Crippen LogP contribution is 2.40. The molecule has 29 heavy (non-hydrogen) atoms. The second-order valence-corrected chi connectivity index (χ2v) is 6.50. The molecule has 148 valence electrons. The van der Waals surface area contributed by atoms with E-state index in [0.29, 0.717) is 34.9 Å². The van der Waals surface area contributed by atoms with Crippen molar-refractivity contribution in [2.24, 2.45) is 0 Å². The van der Waals surface area contributed by atoms with E-state index >= 15 is 0 Å². The van der Waals surface area contributed by atoms with E-state index in [9.17, 15) is 4.79 Å². The fourth-order valence-corrected chi connectivity index (χ4v) is 3.63. The quantitative estimate of drug-likeness (QED) is 0.588. The third kappa shape index (κ3) is 2.93. The van der Waals surface area contributed by atoms with Crippen LogP contribution in [0.25, 0.3) is 28.1 Å². The summed E-state index contributed by atoms with van der Waals surface area (Å²) in [5.74, 6) is 2.21. The molecule has 0 atom stereocenters. The maximum atomic E-state index is 13.5. The Morgan fingerprint density at radius 3 is 2.52 bits per heavy atom. The van der Waals surface area contributed by atoms with Crippen molar-refractivity contribution >= 4 is 16.8 Å². The molecule has 0 unspecified atom stereocenters. The van der Waals surface area contributed by atoms with Gasteiger partial charge in [0.2, 0.25) is 6.79 Å². The minimum atomic E-state index is -0.194. The number of benzene rings is 2. The van der Waals surface area contributed by atoms with Gasteiger partial charge in [0.15, 0.2) is 23.0 Å². The summed E-state index contributed by atoms with van der Waals surface area (Å²) in [5.41, 5.74) is 2.19. The topological polar surface area (TPSA) is 58.9 Å². The van der Waals surface area contributed by atoms with Crippen molar-refractivity contribution in [3.8, 4) is 34.3 Å². The first-order chi connectivity index (χ1) is 14.1. The minimum absolute atomic E-state index is 0.170. The summed E-state index contributed by atoms with van der Waals surface area (Å²) in [6.07, 6.45) is 3.42. The molecule has 0 fully saturated rings. The van der Waals surface area contributed by atoms with Crippen LogP contribution in [0.2, 0.25) is 0 Å². The minimum Gasteiger partial charge on any atom is -0.493 e. The van der Waals surface area contributed by atoms with Crippen molar-refractivity contribution < 1.29 is 18.9 Å². The molecule has 0 radical (unpaired) electrons. The molecule has 1 aromatic heterocycles. The fraction of sp³-hybridized carbons (Fsp3) is 0.174. The molecule has 3 aromatic rings. The average molecular weight is 391 g/mol. The Morgan fingerprint density at radius 2 is 1.86 bits per heavy atom. The second-order valence-electron chi connectivity index (χ2n) is 6.50. The molecule has 0 aliphatic carbocycles. The Morgan fingerprint density at radius 1 is 1.10 bits per heavy atom. The zero-order chi connectivity index (χ0) is 20.5. The number of methoxy groups -OCH3 is 2. The van der Waals surface area contributed by atoms with E-state index in [-0.39, 0.29) is 12.4 Å². The summed E-state index contributed by atoms with van der Waals surface area (Å²) < 4.78 is 23.5. The first-order valence-corrected chi connectivity index (χ1v) is 9.08. The number of hydrogen-bond acceptors (Lipinski definition) is 5. The van der Waals surface area contributed by atoms with Gasteiger partial charge in [-0.3, -0.25) is 4.79 Å². The van der Waals surface area contributed by atoms with Gasteiger partial charge in [-0.15, -0.1) is 6.58 Å². The van der Waals surface area contributed by atoms with Crippen LogP contribution in [0.15, 0.2) is 54.4 Å². The molecule has 6 nitrogen and oxygen atoms in total. The van der Waals surface area contributed by atoms with Crippen LogP contribution >= 0.6 is 0 Å². The lowest BCUT2D eigenvalue weighted by Gasteiger charge is -2.18. The third-order valence-electron chi connectivity index (χ3n) is 4.97. The largest absolute Gasteiger partial charge is 0.493 e. The van der Waals surface area contributed by atoms with Crippen LogP contribution in [0.1, 0.15) is 5.56 Å². The van der Waals surface area contributed by atoms with Crippen LogP contribution in [-0.4, -0.2) is 25.6 Å². The van der Waals surface area contributed by atoms with Crippen LogP contribution < -0.4 is 24.5 Å². The summed E-state index contributed by atoms with van der Waals surface area (Å²) in [6.45, 7) is 8.22. The van der Waals surface area contributed by atoms with Gasteiger partial charge in [0.05, 0.1) is 25.3 Å². The third-order valence-corrected chi connectivity index (χ3v) is 4.97. The highest BCUT2D eigenvalue weighted by atomic mass is 16.7. The van der Waals surface area contributed by atoms with Gasteiger partial charge in [0.25, 0.3) is 5.56 Å². The lowest BCUT2D eigenvalue weighted by Crippen LogP contribution is -2.22. The molecule has 0 N–H and O–H groups in total. The molecule has 0 saturated heterocycles. The van der Waals surface area contributed by atoms with Crippen LogP contribution in [-0.2, 0) is 6.54 Å². The molecule has 1 aliphatic heterocycles. The second kappa shape index (κ2) is 7.39. The zero-order valence-electron chi connectivity index (χ0n) is 16.4. The van der Waals surface area contributed by atoms with Crippen molar-refractivity contribution in [3.05, 3.63) is 65.5 Å². The highest BCUT2D eigenvalue weighted by Gasteiger charge is 2.21. The molecular formula is C23H21NO5. The maximum Gasteiger partial charge on any atom is 0.263 e. The number of ether oxygens (including phenoxy) is 4. The summed E-state index contributed by atoms with van der Waals surface area (Å²) >= 11 is 0. The molecule has 2 heterocycles. The summed E-state index contributed by atoms with van der Waals surface area (Å²) in [4.78, 5) is 13.5. The van der Waals surface area contributed by atoms with Gasteiger partial charge in [-0.05, 0) is 35.2 Å². The molecule has 2 aromatic carbocycles. The van der Waals surface area contributed by atoms with Crippen molar-refractivity contribution in [3.63, 3.8) is 0 Å². The van der Waals surface area contributed by atoms with Crippen LogP contribution in [0.5, 0.6) is 23.0 Å². The zero-order valence-corrected chi connectivity index (χ0v) is 16.4. The molecular weight excluding hydrogens is 370 g/mol. The molecule has 4 rings (SSSR count). The predicted molar refractivity (Wildman–Crippen MR) is 113 cm³/mol. The van der Waals surface area contributed by atoms with E-state index in [1.165, 1.54) is 7.11 Å².